The van der Waals surface area contributed by atoms with Crippen LogP contribution in [0.3, 0.4) is 0 Å². The van der Waals surface area contributed by atoms with Gasteiger partial charge in [-0.05, 0) is 81.9 Å². The minimum Gasteiger partial charge on any atom is -0.465 e. The normalized spacial score (nSPS) is 16.7. The third-order valence-electron chi connectivity index (χ3n) is 6.58. The number of hydrogen-bond acceptors (Lipinski definition) is 5. The lowest BCUT2D eigenvalue weighted by atomic mass is 9.95. The second-order valence-electron chi connectivity index (χ2n) is 8.74. The zero-order chi connectivity index (χ0) is 24.0. The molecule has 1 aliphatic carbocycles. The summed E-state index contributed by atoms with van der Waals surface area (Å²) < 4.78 is 7.30. The van der Waals surface area contributed by atoms with Gasteiger partial charge in [-0.3, -0.25) is 4.79 Å². The van der Waals surface area contributed by atoms with Crippen LogP contribution in [0.1, 0.15) is 57.5 Å². The van der Waals surface area contributed by atoms with Crippen molar-refractivity contribution in [3.8, 4) is 5.00 Å². The van der Waals surface area contributed by atoms with Crippen LogP contribution in [0.15, 0.2) is 47.1 Å². The van der Waals surface area contributed by atoms with E-state index in [2.05, 4.69) is 15.7 Å². The number of hydrogen-bond donors (Lipinski definition) is 0. The summed E-state index contributed by atoms with van der Waals surface area (Å²) in [5.74, 6) is -0.426. The number of esters is 1. The van der Waals surface area contributed by atoms with Gasteiger partial charge in [-0.2, -0.15) is 10.1 Å². The number of fused-ring (bicyclic) bond motifs is 1. The average Bonchev–Trinajstić information content (AvgIpc) is 3.45. The summed E-state index contributed by atoms with van der Waals surface area (Å²) >= 11 is 1.68. The molecule has 3 aromatic rings. The van der Waals surface area contributed by atoms with Gasteiger partial charge in [0.15, 0.2) is 0 Å². The smallest absolute Gasteiger partial charge is 0.341 e. The Bertz CT molecular complexity index is 1360. The number of aryl methyl sites for hydroxylation is 2. The number of aromatic nitrogens is 1. The Morgan fingerprint density at radius 2 is 1.85 bits per heavy atom. The zero-order valence-corrected chi connectivity index (χ0v) is 20.7. The standard InChI is InChI=1S/C27H27N3O3S/c1-16-14-19(15-22-17(2)28-30(25(22)31)20-10-6-5-7-11-20)18(3)29(16)26-24(27(32)33-4)21-12-8-9-13-23(21)34-26/h5-7,10-11,14-15H,8-9,12-13H2,1-4H3/b22-15-. The molecule has 34 heavy (non-hydrogen) atoms. The number of nitrogens with zero attached hydrogens (tertiary/aromatic N) is 3. The Balaban J connectivity index is 1.58. The van der Waals surface area contributed by atoms with Crippen molar-refractivity contribution in [2.45, 2.75) is 46.5 Å². The molecule has 3 heterocycles. The number of rotatable bonds is 4. The molecule has 0 N–H and O–H groups in total. The highest BCUT2D eigenvalue weighted by molar-refractivity contribution is 7.15. The van der Waals surface area contributed by atoms with Crippen LogP contribution in [-0.4, -0.2) is 29.3 Å². The number of amides is 1. The Hall–Kier alpha value is -3.45. The highest BCUT2D eigenvalue weighted by Gasteiger charge is 2.31. The van der Waals surface area contributed by atoms with E-state index in [4.69, 9.17) is 4.74 Å². The Morgan fingerprint density at radius 3 is 2.59 bits per heavy atom. The second kappa shape index (κ2) is 8.72. The van der Waals surface area contributed by atoms with Crippen LogP contribution in [0.5, 0.6) is 0 Å². The second-order valence-corrected chi connectivity index (χ2v) is 9.82. The zero-order valence-electron chi connectivity index (χ0n) is 19.8. The monoisotopic (exact) mass is 473 g/mol. The van der Waals surface area contributed by atoms with E-state index in [1.165, 1.54) is 17.0 Å². The van der Waals surface area contributed by atoms with Gasteiger partial charge in [0, 0.05) is 16.3 Å². The lowest BCUT2D eigenvalue weighted by molar-refractivity contribution is -0.114. The highest BCUT2D eigenvalue weighted by Crippen LogP contribution is 2.39. The summed E-state index contributed by atoms with van der Waals surface area (Å²) in [5, 5.41) is 6.85. The maximum atomic E-state index is 13.2. The van der Waals surface area contributed by atoms with Crippen molar-refractivity contribution in [3.63, 3.8) is 0 Å². The molecular formula is C27H27N3O3S. The largest absolute Gasteiger partial charge is 0.465 e. The van der Waals surface area contributed by atoms with E-state index in [0.717, 1.165) is 58.9 Å². The minimum atomic E-state index is -0.283. The molecule has 174 valence electrons. The fourth-order valence-electron chi connectivity index (χ4n) is 4.85. The third-order valence-corrected chi connectivity index (χ3v) is 7.86. The first-order valence-electron chi connectivity index (χ1n) is 11.5. The summed E-state index contributed by atoms with van der Waals surface area (Å²) in [5.41, 5.74) is 6.75. The number of ether oxygens (including phenoxy) is 1. The fourth-order valence-corrected chi connectivity index (χ4v) is 6.34. The van der Waals surface area contributed by atoms with Gasteiger partial charge in [-0.25, -0.2) is 4.79 Å². The van der Waals surface area contributed by atoms with Gasteiger partial charge in [-0.15, -0.1) is 11.3 Å². The molecule has 1 aliphatic heterocycles. The van der Waals surface area contributed by atoms with Crippen molar-refractivity contribution >= 4 is 40.7 Å². The van der Waals surface area contributed by atoms with E-state index >= 15 is 0 Å². The molecule has 1 aromatic carbocycles. The number of para-hydroxylation sites is 1. The van der Waals surface area contributed by atoms with E-state index < -0.39 is 0 Å². The lowest BCUT2D eigenvalue weighted by Crippen LogP contribution is -2.21. The average molecular weight is 474 g/mol. The predicted octanol–water partition coefficient (Wildman–Crippen LogP) is 5.63. The number of carbonyl (C=O) groups is 2. The molecular weight excluding hydrogens is 446 g/mol. The fraction of sp³-hybridized carbons (Fsp3) is 0.296. The predicted molar refractivity (Wildman–Crippen MR) is 136 cm³/mol. The number of hydrazone groups is 1. The van der Waals surface area contributed by atoms with Gasteiger partial charge in [0.25, 0.3) is 5.91 Å². The minimum absolute atomic E-state index is 0.143. The van der Waals surface area contributed by atoms with Crippen LogP contribution in [0.2, 0.25) is 0 Å². The number of anilines is 1. The van der Waals surface area contributed by atoms with Crippen molar-refractivity contribution in [3.05, 3.63) is 74.9 Å². The summed E-state index contributed by atoms with van der Waals surface area (Å²) in [6.07, 6.45) is 6.06. The molecule has 5 rings (SSSR count). The van der Waals surface area contributed by atoms with Gasteiger partial charge < -0.3 is 9.30 Å². The molecule has 0 atom stereocenters. The van der Waals surface area contributed by atoms with E-state index in [9.17, 15) is 9.59 Å². The Labute approximate surface area is 203 Å². The van der Waals surface area contributed by atoms with E-state index in [-0.39, 0.29) is 11.9 Å². The van der Waals surface area contributed by atoms with Crippen molar-refractivity contribution < 1.29 is 14.3 Å². The number of methoxy groups -OCH3 is 1. The maximum absolute atomic E-state index is 13.2. The van der Waals surface area contributed by atoms with Crippen LogP contribution in [0, 0.1) is 13.8 Å². The van der Waals surface area contributed by atoms with Gasteiger partial charge in [-0.1, -0.05) is 18.2 Å². The summed E-state index contributed by atoms with van der Waals surface area (Å²) in [7, 11) is 1.44. The van der Waals surface area contributed by atoms with Crippen LogP contribution < -0.4 is 5.01 Å². The van der Waals surface area contributed by atoms with Crippen molar-refractivity contribution in [2.24, 2.45) is 5.10 Å². The molecule has 7 heteroatoms. The van der Waals surface area contributed by atoms with Gasteiger partial charge in [0.1, 0.15) is 5.00 Å². The van der Waals surface area contributed by atoms with Crippen molar-refractivity contribution in [2.75, 3.05) is 12.1 Å². The Morgan fingerprint density at radius 1 is 1.12 bits per heavy atom. The molecule has 0 saturated carbocycles. The number of carbonyl (C=O) groups excluding carboxylic acids is 2. The summed E-state index contributed by atoms with van der Waals surface area (Å²) in [6, 6.07) is 11.5. The summed E-state index contributed by atoms with van der Waals surface area (Å²) in [4.78, 5) is 27.3. The van der Waals surface area contributed by atoms with Crippen LogP contribution in [-0.2, 0) is 22.4 Å². The molecule has 0 fully saturated rings. The van der Waals surface area contributed by atoms with E-state index in [0.29, 0.717) is 16.8 Å². The van der Waals surface area contributed by atoms with Crippen LogP contribution in [0.4, 0.5) is 5.69 Å². The first-order valence-corrected chi connectivity index (χ1v) is 12.3. The molecule has 0 spiro atoms. The first kappa shape index (κ1) is 22.3. The molecule has 1 amide bonds. The lowest BCUT2D eigenvalue weighted by Gasteiger charge is -2.13. The molecule has 2 aromatic heterocycles. The van der Waals surface area contributed by atoms with Gasteiger partial charge >= 0.3 is 5.97 Å². The number of benzene rings is 1. The highest BCUT2D eigenvalue weighted by atomic mass is 32.1. The Kier molecular flexibility index (Phi) is 5.73. The van der Waals surface area contributed by atoms with Crippen LogP contribution in [0.25, 0.3) is 11.1 Å². The molecule has 0 saturated heterocycles. The van der Waals surface area contributed by atoms with Crippen LogP contribution >= 0.6 is 11.3 Å². The SMILES string of the molecule is COC(=O)c1c(-n2c(C)cc(/C=C3\C(=O)N(c4ccccc4)N=C3C)c2C)sc2c1CCCC2. The quantitative estimate of drug-likeness (QED) is 0.365. The summed E-state index contributed by atoms with van der Waals surface area (Å²) in [6.45, 7) is 5.91. The molecule has 0 bridgehead atoms. The molecule has 0 radical (unpaired) electrons. The number of thiophene rings is 1. The maximum Gasteiger partial charge on any atom is 0.341 e. The molecule has 2 aliphatic rings. The molecule has 6 nitrogen and oxygen atoms in total. The van der Waals surface area contributed by atoms with E-state index in [1.807, 2.05) is 57.2 Å². The van der Waals surface area contributed by atoms with Gasteiger partial charge in [0.05, 0.1) is 29.6 Å². The topological polar surface area (TPSA) is 63.9 Å². The third kappa shape index (κ3) is 3.60. The first-order chi connectivity index (χ1) is 16.4. The molecule has 0 unspecified atom stereocenters. The van der Waals surface area contributed by atoms with Crippen molar-refractivity contribution in [1.29, 1.82) is 0 Å². The van der Waals surface area contributed by atoms with E-state index in [1.54, 1.807) is 11.3 Å². The van der Waals surface area contributed by atoms with Crippen molar-refractivity contribution in [1.82, 2.24) is 4.57 Å². The van der Waals surface area contributed by atoms with Gasteiger partial charge in [0.2, 0.25) is 0 Å².